The summed E-state index contributed by atoms with van der Waals surface area (Å²) in [7, 11) is 3.31. The van der Waals surface area contributed by atoms with Gasteiger partial charge in [-0.15, -0.1) is 0 Å². The van der Waals surface area contributed by atoms with E-state index in [1.807, 2.05) is 13.8 Å². The third-order valence-corrected chi connectivity index (χ3v) is 5.90. The van der Waals surface area contributed by atoms with Gasteiger partial charge >= 0.3 is 0 Å². The summed E-state index contributed by atoms with van der Waals surface area (Å²) in [6.45, 7) is 6.43. The van der Waals surface area contributed by atoms with Crippen molar-refractivity contribution in [2.24, 2.45) is 5.92 Å². The van der Waals surface area contributed by atoms with Crippen molar-refractivity contribution in [1.82, 2.24) is 19.8 Å². The lowest BCUT2D eigenvalue weighted by Gasteiger charge is -2.35. The molecule has 0 radical (unpaired) electrons. The van der Waals surface area contributed by atoms with Crippen molar-refractivity contribution in [1.29, 1.82) is 0 Å². The van der Waals surface area contributed by atoms with Gasteiger partial charge in [-0.1, -0.05) is 6.92 Å². The Morgan fingerprint density at radius 1 is 1.21 bits per heavy atom. The van der Waals surface area contributed by atoms with E-state index in [9.17, 15) is 14.4 Å². The van der Waals surface area contributed by atoms with Gasteiger partial charge in [-0.05, 0) is 19.1 Å². The summed E-state index contributed by atoms with van der Waals surface area (Å²) in [5.41, 5.74) is 0.957. The third kappa shape index (κ3) is 5.88. The minimum atomic E-state index is -0.433. The minimum Gasteiger partial charge on any atom is -0.491 e. The molecular weight excluding hydrogens is 438 g/mol. The lowest BCUT2D eigenvalue weighted by molar-refractivity contribution is -0.133. The maximum atomic E-state index is 13.2. The van der Waals surface area contributed by atoms with E-state index >= 15 is 0 Å². The second-order valence-corrected chi connectivity index (χ2v) is 8.52. The number of ether oxygens (including phenoxy) is 2. The second kappa shape index (κ2) is 11.1. The molecule has 0 aliphatic carbocycles. The van der Waals surface area contributed by atoms with E-state index in [1.165, 1.54) is 25.5 Å². The van der Waals surface area contributed by atoms with Crippen LogP contribution in [0.25, 0.3) is 0 Å². The normalized spacial score (nSPS) is 21.6. The van der Waals surface area contributed by atoms with Gasteiger partial charge in [-0.25, -0.2) is 4.98 Å². The molecule has 0 fully saturated rings. The zero-order chi connectivity index (χ0) is 24.8. The largest absolute Gasteiger partial charge is 0.491 e. The van der Waals surface area contributed by atoms with Crippen molar-refractivity contribution >= 4 is 23.4 Å². The Morgan fingerprint density at radius 3 is 2.62 bits per heavy atom. The molecule has 2 aromatic rings. The van der Waals surface area contributed by atoms with Gasteiger partial charge in [0.15, 0.2) is 0 Å². The second-order valence-electron chi connectivity index (χ2n) is 8.52. The van der Waals surface area contributed by atoms with Crippen molar-refractivity contribution in [3.63, 3.8) is 0 Å². The number of benzene rings is 1. The van der Waals surface area contributed by atoms with Crippen LogP contribution in [0.2, 0.25) is 0 Å². The molecule has 3 amide bonds. The summed E-state index contributed by atoms with van der Waals surface area (Å²) in [4.78, 5) is 49.3. The Morgan fingerprint density at radius 2 is 1.97 bits per heavy atom. The van der Waals surface area contributed by atoms with E-state index in [2.05, 4.69) is 15.3 Å². The first-order valence-electron chi connectivity index (χ1n) is 11.1. The van der Waals surface area contributed by atoms with Crippen LogP contribution in [0.15, 0.2) is 36.8 Å². The highest BCUT2D eigenvalue weighted by atomic mass is 16.5. The molecular formula is C24H31N5O5. The van der Waals surface area contributed by atoms with E-state index < -0.39 is 5.91 Å². The first kappa shape index (κ1) is 25.1. The third-order valence-electron chi connectivity index (χ3n) is 5.90. The highest BCUT2D eigenvalue weighted by Crippen LogP contribution is 2.27. The van der Waals surface area contributed by atoms with Gasteiger partial charge in [-0.2, -0.15) is 0 Å². The van der Waals surface area contributed by atoms with Gasteiger partial charge in [0.05, 0.1) is 23.9 Å². The summed E-state index contributed by atoms with van der Waals surface area (Å²) in [6.07, 6.45) is 4.02. The number of rotatable bonds is 3. The van der Waals surface area contributed by atoms with Crippen LogP contribution in [0.5, 0.6) is 5.75 Å². The maximum absolute atomic E-state index is 13.2. The topological polar surface area (TPSA) is 114 Å². The Kier molecular flexibility index (Phi) is 8.17. The van der Waals surface area contributed by atoms with E-state index in [1.54, 1.807) is 42.2 Å². The Hall–Kier alpha value is -3.53. The Bertz CT molecular complexity index is 1030. The van der Waals surface area contributed by atoms with Crippen molar-refractivity contribution in [2.45, 2.75) is 32.9 Å². The van der Waals surface area contributed by atoms with Crippen LogP contribution in [0.1, 0.15) is 41.6 Å². The minimum absolute atomic E-state index is 0.00386. The number of carbonyl (C=O) groups is 3. The molecule has 0 unspecified atom stereocenters. The molecule has 2 heterocycles. The number of hydrogen-bond acceptors (Lipinski definition) is 7. The number of fused-ring (bicyclic) bond motifs is 1. The van der Waals surface area contributed by atoms with Crippen molar-refractivity contribution < 1.29 is 23.9 Å². The summed E-state index contributed by atoms with van der Waals surface area (Å²) in [5.74, 6) is -0.411. The number of nitrogens with one attached hydrogen (secondary N) is 1. The van der Waals surface area contributed by atoms with Crippen molar-refractivity contribution in [2.75, 3.05) is 39.2 Å². The molecule has 1 aliphatic rings. The number of likely N-dealkylation sites (N-methyl/N-ethyl adjacent to an activating group) is 1. The van der Waals surface area contributed by atoms with Crippen molar-refractivity contribution in [3.8, 4) is 5.75 Å². The lowest BCUT2D eigenvalue weighted by Crippen LogP contribution is -2.48. The van der Waals surface area contributed by atoms with E-state index in [-0.39, 0.29) is 42.2 Å². The maximum Gasteiger partial charge on any atom is 0.275 e. The molecule has 1 aromatic heterocycles. The lowest BCUT2D eigenvalue weighted by atomic mass is 10.0. The summed E-state index contributed by atoms with van der Waals surface area (Å²) < 4.78 is 11.7. The quantitative estimate of drug-likeness (QED) is 0.732. The number of amides is 3. The van der Waals surface area contributed by atoms with Crippen LogP contribution in [-0.4, -0.2) is 83.5 Å². The Balaban J connectivity index is 1.93. The predicted molar refractivity (Wildman–Crippen MR) is 126 cm³/mol. The molecule has 10 nitrogen and oxygen atoms in total. The first-order chi connectivity index (χ1) is 16.2. The fourth-order valence-corrected chi connectivity index (χ4v) is 3.90. The van der Waals surface area contributed by atoms with Gasteiger partial charge in [0.1, 0.15) is 18.1 Å². The molecule has 0 saturated heterocycles. The number of carbonyl (C=O) groups excluding carboxylic acids is 3. The average molecular weight is 470 g/mol. The Labute approximate surface area is 199 Å². The zero-order valence-corrected chi connectivity index (χ0v) is 20.1. The first-order valence-corrected chi connectivity index (χ1v) is 11.1. The molecule has 3 rings (SSSR count). The predicted octanol–water partition coefficient (Wildman–Crippen LogP) is 2.08. The SMILES string of the molecule is CO[C@H]1CN(C)C(=O)c2ccc(NC(=O)c3cnccn3)cc2OC[C@H](C)N(C(C)=O)C[C@@H]1C. The highest BCUT2D eigenvalue weighted by Gasteiger charge is 2.29. The van der Waals surface area contributed by atoms with Crippen LogP contribution in [0, 0.1) is 5.92 Å². The molecule has 10 heteroatoms. The molecule has 0 bridgehead atoms. The molecule has 3 atom stereocenters. The molecule has 1 N–H and O–H groups in total. The van der Waals surface area contributed by atoms with Crippen LogP contribution in [0.3, 0.4) is 0 Å². The van der Waals surface area contributed by atoms with Crippen molar-refractivity contribution in [3.05, 3.63) is 48.0 Å². The summed E-state index contributed by atoms with van der Waals surface area (Å²) in [5, 5.41) is 2.75. The fourth-order valence-electron chi connectivity index (χ4n) is 3.90. The zero-order valence-electron chi connectivity index (χ0n) is 20.1. The number of aromatic nitrogens is 2. The summed E-state index contributed by atoms with van der Waals surface area (Å²) in [6, 6.07) is 4.61. The van der Waals surface area contributed by atoms with E-state index in [4.69, 9.17) is 9.47 Å². The van der Waals surface area contributed by atoms with Gasteiger partial charge < -0.3 is 24.6 Å². The monoisotopic (exact) mass is 469 g/mol. The number of hydrogen-bond donors (Lipinski definition) is 1. The standard InChI is InChI=1S/C24H31N5O5/c1-15-12-29(17(3)30)16(2)14-34-21-10-18(27-23(31)20-11-25-8-9-26-20)6-7-19(21)24(32)28(4)13-22(15)33-5/h6-11,15-16,22H,12-14H2,1-5H3,(H,27,31)/t15-,16-,22-/m0/s1. The van der Waals surface area contributed by atoms with Gasteiger partial charge in [-0.3, -0.25) is 19.4 Å². The summed E-state index contributed by atoms with van der Waals surface area (Å²) >= 11 is 0. The van der Waals surface area contributed by atoms with Gasteiger partial charge in [0, 0.05) is 64.2 Å². The van der Waals surface area contributed by atoms with E-state index in [0.717, 1.165) is 0 Å². The van der Waals surface area contributed by atoms with Crippen LogP contribution in [0.4, 0.5) is 5.69 Å². The molecule has 34 heavy (non-hydrogen) atoms. The van der Waals surface area contributed by atoms with Crippen LogP contribution >= 0.6 is 0 Å². The molecule has 182 valence electrons. The number of nitrogens with zero attached hydrogens (tertiary/aromatic N) is 4. The van der Waals surface area contributed by atoms with Crippen LogP contribution < -0.4 is 10.1 Å². The average Bonchev–Trinajstić information content (AvgIpc) is 2.83. The number of methoxy groups -OCH3 is 1. The van der Waals surface area contributed by atoms with Crippen LogP contribution in [-0.2, 0) is 9.53 Å². The molecule has 0 saturated carbocycles. The highest BCUT2D eigenvalue weighted by molar-refractivity contribution is 6.03. The van der Waals surface area contributed by atoms with Gasteiger partial charge in [0.25, 0.3) is 11.8 Å². The molecule has 1 aromatic carbocycles. The number of anilines is 1. The molecule has 0 spiro atoms. The smallest absolute Gasteiger partial charge is 0.275 e. The van der Waals surface area contributed by atoms with Gasteiger partial charge in [0.2, 0.25) is 5.91 Å². The van der Waals surface area contributed by atoms with E-state index in [0.29, 0.717) is 30.1 Å². The fraction of sp³-hybridized carbons (Fsp3) is 0.458. The molecule has 1 aliphatic heterocycles.